The minimum atomic E-state index is 0.207. The molecule has 0 fully saturated rings. The SMILES string of the molecule is COc1ccc(CNCCCCCCSC)cc1O. The Labute approximate surface area is 120 Å². The third kappa shape index (κ3) is 6.73. The maximum Gasteiger partial charge on any atom is 0.160 e. The zero-order chi connectivity index (χ0) is 13.9. The van der Waals surface area contributed by atoms with Crippen LogP contribution in [0.1, 0.15) is 31.2 Å². The molecule has 0 aromatic heterocycles. The summed E-state index contributed by atoms with van der Waals surface area (Å²) in [5, 5.41) is 13.1. The first kappa shape index (κ1) is 16.2. The molecular formula is C15H25NO2S. The summed E-state index contributed by atoms with van der Waals surface area (Å²) < 4.78 is 5.02. The van der Waals surface area contributed by atoms with E-state index in [-0.39, 0.29) is 5.75 Å². The summed E-state index contributed by atoms with van der Waals surface area (Å²) >= 11 is 1.92. The Morgan fingerprint density at radius 2 is 2.00 bits per heavy atom. The van der Waals surface area contributed by atoms with Gasteiger partial charge in [-0.1, -0.05) is 18.9 Å². The van der Waals surface area contributed by atoms with Crippen LogP contribution in [-0.2, 0) is 6.54 Å². The molecule has 3 nitrogen and oxygen atoms in total. The first-order chi connectivity index (χ1) is 9.27. The minimum absolute atomic E-state index is 0.207. The van der Waals surface area contributed by atoms with Crippen LogP contribution >= 0.6 is 11.8 Å². The van der Waals surface area contributed by atoms with E-state index in [0.29, 0.717) is 5.75 Å². The molecule has 1 aromatic rings. The van der Waals surface area contributed by atoms with Crippen molar-refractivity contribution >= 4 is 11.8 Å². The number of unbranched alkanes of at least 4 members (excludes halogenated alkanes) is 3. The second-order valence-corrected chi connectivity index (χ2v) is 5.58. The van der Waals surface area contributed by atoms with Crippen molar-refractivity contribution in [3.8, 4) is 11.5 Å². The van der Waals surface area contributed by atoms with Crippen LogP contribution in [0, 0.1) is 0 Å². The van der Waals surface area contributed by atoms with Crippen LogP contribution in [0.4, 0.5) is 0 Å². The first-order valence-corrected chi connectivity index (χ1v) is 8.23. The van der Waals surface area contributed by atoms with Crippen LogP contribution in [-0.4, -0.2) is 30.8 Å². The Morgan fingerprint density at radius 3 is 2.68 bits per heavy atom. The van der Waals surface area contributed by atoms with Gasteiger partial charge in [-0.05, 0) is 49.1 Å². The predicted molar refractivity (Wildman–Crippen MR) is 83.2 cm³/mol. The zero-order valence-electron chi connectivity index (χ0n) is 11.9. The number of ether oxygens (including phenoxy) is 1. The topological polar surface area (TPSA) is 41.5 Å². The van der Waals surface area contributed by atoms with Crippen LogP contribution in [0.5, 0.6) is 11.5 Å². The lowest BCUT2D eigenvalue weighted by molar-refractivity contribution is 0.373. The fraction of sp³-hybridized carbons (Fsp3) is 0.600. The Bertz CT molecular complexity index is 358. The number of rotatable bonds is 10. The lowest BCUT2D eigenvalue weighted by Crippen LogP contribution is -2.14. The van der Waals surface area contributed by atoms with Crippen molar-refractivity contribution in [2.45, 2.75) is 32.2 Å². The summed E-state index contributed by atoms with van der Waals surface area (Å²) in [5.41, 5.74) is 1.08. The molecule has 1 rings (SSSR count). The van der Waals surface area contributed by atoms with E-state index in [2.05, 4.69) is 11.6 Å². The van der Waals surface area contributed by atoms with Crippen molar-refractivity contribution < 1.29 is 9.84 Å². The van der Waals surface area contributed by atoms with E-state index in [1.54, 1.807) is 19.2 Å². The van der Waals surface area contributed by atoms with Gasteiger partial charge in [-0.3, -0.25) is 0 Å². The van der Waals surface area contributed by atoms with E-state index < -0.39 is 0 Å². The summed E-state index contributed by atoms with van der Waals surface area (Å²) in [7, 11) is 1.56. The second kappa shape index (κ2) is 9.98. The lowest BCUT2D eigenvalue weighted by atomic mass is 10.2. The average molecular weight is 283 g/mol. The van der Waals surface area contributed by atoms with Gasteiger partial charge in [0.2, 0.25) is 0 Å². The van der Waals surface area contributed by atoms with E-state index in [0.717, 1.165) is 18.7 Å². The molecule has 0 saturated carbocycles. The van der Waals surface area contributed by atoms with Crippen LogP contribution < -0.4 is 10.1 Å². The van der Waals surface area contributed by atoms with Gasteiger partial charge in [0.05, 0.1) is 7.11 Å². The summed E-state index contributed by atoms with van der Waals surface area (Å²) in [6, 6.07) is 5.53. The van der Waals surface area contributed by atoms with Crippen LogP contribution in [0.2, 0.25) is 0 Å². The third-order valence-corrected chi connectivity index (χ3v) is 3.72. The zero-order valence-corrected chi connectivity index (χ0v) is 12.8. The van der Waals surface area contributed by atoms with E-state index in [1.165, 1.54) is 31.4 Å². The highest BCUT2D eigenvalue weighted by Crippen LogP contribution is 2.25. The van der Waals surface area contributed by atoms with Gasteiger partial charge in [0, 0.05) is 6.54 Å². The number of thioether (sulfide) groups is 1. The lowest BCUT2D eigenvalue weighted by Gasteiger charge is -2.07. The molecule has 0 aliphatic rings. The molecule has 19 heavy (non-hydrogen) atoms. The molecule has 0 amide bonds. The largest absolute Gasteiger partial charge is 0.504 e. The van der Waals surface area contributed by atoms with Gasteiger partial charge in [0.25, 0.3) is 0 Å². The molecular weight excluding hydrogens is 258 g/mol. The predicted octanol–water partition coefficient (Wildman–Crippen LogP) is 3.41. The van der Waals surface area contributed by atoms with E-state index in [9.17, 15) is 5.11 Å². The fourth-order valence-corrected chi connectivity index (χ4v) is 2.42. The highest BCUT2D eigenvalue weighted by atomic mass is 32.2. The second-order valence-electron chi connectivity index (χ2n) is 4.59. The van der Waals surface area contributed by atoms with E-state index >= 15 is 0 Å². The Kier molecular flexibility index (Phi) is 8.50. The number of aromatic hydroxyl groups is 1. The van der Waals surface area contributed by atoms with E-state index in [4.69, 9.17) is 4.74 Å². The number of phenols is 1. The van der Waals surface area contributed by atoms with Crippen molar-refractivity contribution in [2.24, 2.45) is 0 Å². The van der Waals surface area contributed by atoms with Crippen LogP contribution in [0.15, 0.2) is 18.2 Å². The van der Waals surface area contributed by atoms with Gasteiger partial charge in [-0.2, -0.15) is 11.8 Å². The molecule has 108 valence electrons. The maximum atomic E-state index is 9.66. The molecule has 0 atom stereocenters. The monoisotopic (exact) mass is 283 g/mol. The number of nitrogens with one attached hydrogen (secondary N) is 1. The standard InChI is InChI=1S/C15H25NO2S/c1-18-15-8-7-13(11-14(15)17)12-16-9-5-3-4-6-10-19-2/h7-8,11,16-17H,3-6,9-10,12H2,1-2H3. The molecule has 0 saturated heterocycles. The van der Waals surface area contributed by atoms with Gasteiger partial charge in [-0.25, -0.2) is 0 Å². The number of benzene rings is 1. The molecule has 0 spiro atoms. The highest BCUT2D eigenvalue weighted by Gasteiger charge is 2.01. The molecule has 0 heterocycles. The molecule has 1 aromatic carbocycles. The quantitative estimate of drug-likeness (QED) is 0.646. The number of hydrogen-bond acceptors (Lipinski definition) is 4. The van der Waals surface area contributed by atoms with Crippen LogP contribution in [0.3, 0.4) is 0 Å². The van der Waals surface area contributed by atoms with Crippen LogP contribution in [0.25, 0.3) is 0 Å². The highest BCUT2D eigenvalue weighted by molar-refractivity contribution is 7.98. The molecule has 0 aliphatic heterocycles. The third-order valence-electron chi connectivity index (χ3n) is 3.02. The minimum Gasteiger partial charge on any atom is -0.504 e. The average Bonchev–Trinajstić information content (AvgIpc) is 2.42. The van der Waals surface area contributed by atoms with Crippen molar-refractivity contribution in [1.82, 2.24) is 5.32 Å². The van der Waals surface area contributed by atoms with Gasteiger partial charge < -0.3 is 15.2 Å². The summed E-state index contributed by atoms with van der Waals surface area (Å²) in [4.78, 5) is 0. The summed E-state index contributed by atoms with van der Waals surface area (Å²) in [5.74, 6) is 2.01. The number of hydrogen-bond donors (Lipinski definition) is 2. The molecule has 2 N–H and O–H groups in total. The van der Waals surface area contributed by atoms with E-state index in [1.807, 2.05) is 17.8 Å². The van der Waals surface area contributed by atoms with Crippen molar-refractivity contribution in [3.05, 3.63) is 23.8 Å². The maximum absolute atomic E-state index is 9.66. The Hall–Kier alpha value is -0.870. The van der Waals surface area contributed by atoms with Crippen molar-refractivity contribution in [3.63, 3.8) is 0 Å². The summed E-state index contributed by atoms with van der Waals surface area (Å²) in [6.45, 7) is 1.83. The van der Waals surface area contributed by atoms with Gasteiger partial charge in [-0.15, -0.1) is 0 Å². The normalized spacial score (nSPS) is 10.6. The number of phenolic OH excluding ortho intramolecular Hbond substituents is 1. The fourth-order valence-electron chi connectivity index (χ4n) is 1.93. The molecule has 0 radical (unpaired) electrons. The molecule has 0 bridgehead atoms. The Morgan fingerprint density at radius 1 is 1.21 bits per heavy atom. The molecule has 4 heteroatoms. The Balaban J connectivity index is 2.11. The first-order valence-electron chi connectivity index (χ1n) is 6.83. The smallest absolute Gasteiger partial charge is 0.160 e. The van der Waals surface area contributed by atoms with Gasteiger partial charge in [0.15, 0.2) is 11.5 Å². The molecule has 0 unspecified atom stereocenters. The van der Waals surface area contributed by atoms with Gasteiger partial charge >= 0.3 is 0 Å². The van der Waals surface area contributed by atoms with Crippen molar-refractivity contribution in [1.29, 1.82) is 0 Å². The number of methoxy groups -OCH3 is 1. The summed E-state index contributed by atoms with van der Waals surface area (Å²) in [6.07, 6.45) is 7.32. The molecule has 0 aliphatic carbocycles. The van der Waals surface area contributed by atoms with Crippen molar-refractivity contribution in [2.75, 3.05) is 25.7 Å². The van der Waals surface area contributed by atoms with Gasteiger partial charge in [0.1, 0.15) is 0 Å².